The lowest BCUT2D eigenvalue weighted by molar-refractivity contribution is 0.557. The molecule has 132 valence electrons. The minimum Gasteiger partial charge on any atom is -0.463 e. The fourth-order valence-corrected chi connectivity index (χ4v) is 4.20. The molecule has 3 aromatic carbocycles. The monoisotopic (exact) mass is 350 g/mol. The Kier molecular flexibility index (Phi) is 3.75. The largest absolute Gasteiger partial charge is 0.463 e. The van der Waals surface area contributed by atoms with Crippen molar-refractivity contribution >= 4 is 22.4 Å². The number of hydrogen-bond donors (Lipinski definition) is 0. The Bertz CT molecular complexity index is 1170. The minimum atomic E-state index is 0.924. The molecule has 1 aliphatic carbocycles. The number of aryl methyl sites for hydroxylation is 2. The van der Waals surface area contributed by atoms with E-state index in [2.05, 4.69) is 80.6 Å². The molecule has 1 nitrogen and oxygen atoms in total. The summed E-state index contributed by atoms with van der Waals surface area (Å²) in [6.45, 7) is 4.40. The predicted molar refractivity (Wildman–Crippen MR) is 114 cm³/mol. The second kappa shape index (κ2) is 6.28. The Morgan fingerprint density at radius 2 is 1.74 bits per heavy atom. The van der Waals surface area contributed by atoms with Crippen molar-refractivity contribution in [1.29, 1.82) is 0 Å². The molecular weight excluding hydrogens is 328 g/mol. The summed E-state index contributed by atoms with van der Waals surface area (Å²) >= 11 is 0. The van der Waals surface area contributed by atoms with Crippen LogP contribution in [0.15, 0.2) is 71.3 Å². The first-order valence-corrected chi connectivity index (χ1v) is 9.63. The van der Waals surface area contributed by atoms with Gasteiger partial charge in [0.1, 0.15) is 5.76 Å². The van der Waals surface area contributed by atoms with Crippen LogP contribution in [-0.2, 0) is 12.8 Å². The summed E-state index contributed by atoms with van der Waals surface area (Å²) in [7, 11) is 0. The van der Waals surface area contributed by atoms with Gasteiger partial charge in [-0.2, -0.15) is 0 Å². The Morgan fingerprint density at radius 1 is 0.926 bits per heavy atom. The third-order valence-electron chi connectivity index (χ3n) is 5.70. The van der Waals surface area contributed by atoms with Crippen molar-refractivity contribution in [1.82, 2.24) is 0 Å². The average Bonchev–Trinajstić information content (AvgIpc) is 3.32. The Balaban J connectivity index is 1.65. The molecule has 5 rings (SSSR count). The zero-order valence-corrected chi connectivity index (χ0v) is 15.8. The van der Waals surface area contributed by atoms with Gasteiger partial charge in [0, 0.05) is 22.8 Å². The van der Waals surface area contributed by atoms with E-state index < -0.39 is 0 Å². The molecule has 0 saturated carbocycles. The minimum absolute atomic E-state index is 0.924. The molecular formula is C26H22O. The van der Waals surface area contributed by atoms with Crippen LogP contribution >= 0.6 is 0 Å². The van der Waals surface area contributed by atoms with Crippen LogP contribution in [0.5, 0.6) is 0 Å². The standard InChI is InChI=1S/C26H22O/c1-3-18-9-12-19(13-10-18)25-17(2)8-11-20-14-22(15-24(20)25)26-23-7-5-4-6-21(23)16-27-26/h4-13,15-16H,3,14H2,1-2H3. The van der Waals surface area contributed by atoms with E-state index in [1.54, 1.807) is 0 Å². The van der Waals surface area contributed by atoms with E-state index in [9.17, 15) is 0 Å². The zero-order valence-electron chi connectivity index (χ0n) is 15.8. The summed E-state index contributed by atoms with van der Waals surface area (Å²) in [6, 6.07) is 21.9. The van der Waals surface area contributed by atoms with Gasteiger partial charge in [0.25, 0.3) is 0 Å². The summed E-state index contributed by atoms with van der Waals surface area (Å²) in [4.78, 5) is 0. The topological polar surface area (TPSA) is 13.1 Å². The Hall–Kier alpha value is -3.06. The molecule has 0 N–H and O–H groups in total. The normalized spacial score (nSPS) is 13.0. The molecule has 0 spiro atoms. The van der Waals surface area contributed by atoms with E-state index in [0.29, 0.717) is 0 Å². The summed E-state index contributed by atoms with van der Waals surface area (Å²) in [5, 5.41) is 2.36. The third-order valence-corrected chi connectivity index (χ3v) is 5.70. The lowest BCUT2D eigenvalue weighted by atomic mass is 9.92. The Morgan fingerprint density at radius 3 is 2.56 bits per heavy atom. The molecule has 27 heavy (non-hydrogen) atoms. The van der Waals surface area contributed by atoms with Gasteiger partial charge in [-0.25, -0.2) is 0 Å². The van der Waals surface area contributed by atoms with Crippen molar-refractivity contribution in [3.63, 3.8) is 0 Å². The molecule has 1 heterocycles. The van der Waals surface area contributed by atoms with E-state index in [0.717, 1.165) is 24.0 Å². The van der Waals surface area contributed by atoms with Crippen molar-refractivity contribution in [2.45, 2.75) is 26.7 Å². The van der Waals surface area contributed by atoms with Crippen LogP contribution in [0, 0.1) is 6.92 Å². The third kappa shape index (κ3) is 2.62. The van der Waals surface area contributed by atoms with Gasteiger partial charge in [-0.3, -0.25) is 0 Å². The Labute approximate surface area is 160 Å². The quantitative estimate of drug-likeness (QED) is 0.385. The van der Waals surface area contributed by atoms with Crippen molar-refractivity contribution in [2.24, 2.45) is 0 Å². The van der Waals surface area contributed by atoms with E-state index in [1.165, 1.54) is 44.3 Å². The number of rotatable bonds is 3. The lowest BCUT2D eigenvalue weighted by Crippen LogP contribution is -1.92. The van der Waals surface area contributed by atoms with E-state index in [-0.39, 0.29) is 0 Å². The van der Waals surface area contributed by atoms with Gasteiger partial charge < -0.3 is 4.42 Å². The number of allylic oxidation sites excluding steroid dienone is 1. The van der Waals surface area contributed by atoms with Crippen LogP contribution in [-0.4, -0.2) is 0 Å². The number of fused-ring (bicyclic) bond motifs is 2. The van der Waals surface area contributed by atoms with Crippen LogP contribution in [0.25, 0.3) is 33.5 Å². The van der Waals surface area contributed by atoms with Gasteiger partial charge >= 0.3 is 0 Å². The van der Waals surface area contributed by atoms with Crippen LogP contribution in [0.1, 0.15) is 34.9 Å². The number of hydrogen-bond acceptors (Lipinski definition) is 1. The van der Waals surface area contributed by atoms with Gasteiger partial charge in [0.15, 0.2) is 0 Å². The first-order chi connectivity index (χ1) is 13.2. The average molecular weight is 350 g/mol. The molecule has 4 aromatic rings. The van der Waals surface area contributed by atoms with Crippen molar-refractivity contribution in [2.75, 3.05) is 0 Å². The van der Waals surface area contributed by atoms with Crippen LogP contribution in [0.2, 0.25) is 0 Å². The zero-order chi connectivity index (χ0) is 18.4. The molecule has 0 fully saturated rings. The SMILES string of the molecule is CCc1ccc(-c2c(C)ccc3c2C=C(c2occ4ccccc24)C3)cc1. The fourth-order valence-electron chi connectivity index (χ4n) is 4.20. The fraction of sp³-hybridized carbons (Fsp3) is 0.154. The molecule has 0 bridgehead atoms. The number of benzene rings is 3. The maximum absolute atomic E-state index is 5.97. The molecule has 0 unspecified atom stereocenters. The summed E-state index contributed by atoms with van der Waals surface area (Å²) in [6.07, 6.45) is 6.19. The highest BCUT2D eigenvalue weighted by Crippen LogP contribution is 2.41. The van der Waals surface area contributed by atoms with Crippen LogP contribution in [0.4, 0.5) is 0 Å². The highest BCUT2D eigenvalue weighted by molar-refractivity contribution is 6.00. The highest BCUT2D eigenvalue weighted by atomic mass is 16.3. The van der Waals surface area contributed by atoms with Crippen molar-refractivity contribution in [3.8, 4) is 11.1 Å². The molecule has 0 aliphatic heterocycles. The maximum Gasteiger partial charge on any atom is 0.138 e. The highest BCUT2D eigenvalue weighted by Gasteiger charge is 2.22. The first kappa shape index (κ1) is 16.1. The second-order valence-corrected chi connectivity index (χ2v) is 7.38. The molecule has 0 saturated heterocycles. The number of furan rings is 1. The summed E-state index contributed by atoms with van der Waals surface area (Å²) < 4.78 is 5.97. The van der Waals surface area contributed by atoms with Gasteiger partial charge in [-0.1, -0.05) is 67.6 Å². The van der Waals surface area contributed by atoms with Gasteiger partial charge in [-0.05, 0) is 52.8 Å². The molecule has 0 atom stereocenters. The first-order valence-electron chi connectivity index (χ1n) is 9.63. The van der Waals surface area contributed by atoms with E-state index in [4.69, 9.17) is 4.42 Å². The van der Waals surface area contributed by atoms with Crippen molar-refractivity contribution in [3.05, 3.63) is 94.9 Å². The van der Waals surface area contributed by atoms with E-state index >= 15 is 0 Å². The maximum atomic E-state index is 5.97. The molecule has 1 aromatic heterocycles. The molecule has 1 heteroatoms. The smallest absolute Gasteiger partial charge is 0.138 e. The van der Waals surface area contributed by atoms with Gasteiger partial charge in [0.05, 0.1) is 6.26 Å². The molecule has 1 aliphatic rings. The predicted octanol–water partition coefficient (Wildman–Crippen LogP) is 7.07. The molecule has 0 radical (unpaired) electrons. The lowest BCUT2D eigenvalue weighted by Gasteiger charge is -2.12. The van der Waals surface area contributed by atoms with Crippen molar-refractivity contribution < 1.29 is 4.42 Å². The molecule has 0 amide bonds. The van der Waals surface area contributed by atoms with Crippen LogP contribution in [0.3, 0.4) is 0 Å². The van der Waals surface area contributed by atoms with Crippen LogP contribution < -0.4 is 0 Å². The summed E-state index contributed by atoms with van der Waals surface area (Å²) in [5.41, 5.74) is 9.33. The van der Waals surface area contributed by atoms with Gasteiger partial charge in [-0.15, -0.1) is 0 Å². The van der Waals surface area contributed by atoms with Gasteiger partial charge in [0.2, 0.25) is 0 Å². The summed E-state index contributed by atoms with van der Waals surface area (Å²) in [5.74, 6) is 1.01. The van der Waals surface area contributed by atoms with E-state index in [1.807, 2.05) is 6.26 Å². The second-order valence-electron chi connectivity index (χ2n) is 7.38.